The van der Waals surface area contributed by atoms with Crippen molar-refractivity contribution in [1.82, 2.24) is 9.55 Å². The number of aromatic nitrogens is 2. The summed E-state index contributed by atoms with van der Waals surface area (Å²) >= 11 is 0. The van der Waals surface area contributed by atoms with Gasteiger partial charge in [0.15, 0.2) is 6.23 Å². The molecule has 2 heterocycles. The second-order valence-electron chi connectivity index (χ2n) is 7.73. The van der Waals surface area contributed by atoms with Crippen molar-refractivity contribution < 1.29 is 34.8 Å². The van der Waals surface area contributed by atoms with Gasteiger partial charge < -0.3 is 30.5 Å². The molecule has 0 aromatic carbocycles. The molecule has 4 atom stereocenters. The minimum Gasteiger partial charge on any atom is -0.481 e. The normalized spacial score (nSPS) is 28.4. The molecule has 2 fully saturated rings. The van der Waals surface area contributed by atoms with Gasteiger partial charge in [0.2, 0.25) is 5.91 Å². The van der Waals surface area contributed by atoms with Crippen LogP contribution in [0.3, 0.4) is 0 Å². The smallest absolute Gasteiger partial charge is 0.351 e. The molecule has 29 heavy (non-hydrogen) atoms. The van der Waals surface area contributed by atoms with Gasteiger partial charge in [-0.3, -0.25) is 14.2 Å². The lowest BCUT2D eigenvalue weighted by Crippen LogP contribution is -2.36. The summed E-state index contributed by atoms with van der Waals surface area (Å²) in [5.74, 6) is -1.38. The molecule has 0 bridgehead atoms. The standard InChI is InChI=1S/C18H25N3O8/c22-9-10-14(26)15(27)16(29-10)21-6-3-11(20-17(21)28)19-12(23)7-18(8-13(24)25)4-1-2-5-18/h3,6,10,14-16,22,26-27H,1-2,4-5,7-9H2,(H,24,25)(H,19,20,23,28). The summed E-state index contributed by atoms with van der Waals surface area (Å²) in [5, 5.41) is 40.6. The van der Waals surface area contributed by atoms with Crippen molar-refractivity contribution in [2.75, 3.05) is 11.9 Å². The molecule has 0 spiro atoms. The molecule has 1 aliphatic carbocycles. The van der Waals surface area contributed by atoms with Crippen LogP contribution in [0.5, 0.6) is 0 Å². The highest BCUT2D eigenvalue weighted by molar-refractivity contribution is 5.90. The third kappa shape index (κ3) is 4.64. The number of aliphatic hydroxyl groups excluding tert-OH is 3. The molecular formula is C18H25N3O8. The van der Waals surface area contributed by atoms with Crippen molar-refractivity contribution in [2.24, 2.45) is 5.41 Å². The van der Waals surface area contributed by atoms with E-state index < -0.39 is 54.1 Å². The SMILES string of the molecule is O=C(O)CC1(CC(=O)Nc2ccn(C3OC(CO)C(O)C3O)c(=O)n2)CCCC1. The van der Waals surface area contributed by atoms with Crippen LogP contribution in [-0.2, 0) is 14.3 Å². The van der Waals surface area contributed by atoms with Crippen LogP contribution in [0.25, 0.3) is 0 Å². The second-order valence-corrected chi connectivity index (χ2v) is 7.73. The fourth-order valence-corrected chi connectivity index (χ4v) is 4.18. The van der Waals surface area contributed by atoms with Crippen LogP contribution in [0.15, 0.2) is 17.1 Å². The summed E-state index contributed by atoms with van der Waals surface area (Å²) in [6.07, 6.45) is -0.757. The van der Waals surface area contributed by atoms with Crippen LogP contribution < -0.4 is 11.0 Å². The first-order valence-corrected chi connectivity index (χ1v) is 9.48. The van der Waals surface area contributed by atoms with Crippen molar-refractivity contribution in [2.45, 2.75) is 63.1 Å². The summed E-state index contributed by atoms with van der Waals surface area (Å²) in [6.45, 7) is -0.525. The van der Waals surface area contributed by atoms with Crippen LogP contribution in [0, 0.1) is 5.41 Å². The van der Waals surface area contributed by atoms with Crippen LogP contribution in [0.4, 0.5) is 5.82 Å². The van der Waals surface area contributed by atoms with Crippen molar-refractivity contribution in [3.05, 3.63) is 22.7 Å². The molecular weight excluding hydrogens is 386 g/mol. The van der Waals surface area contributed by atoms with Gasteiger partial charge >= 0.3 is 11.7 Å². The average molecular weight is 411 g/mol. The van der Waals surface area contributed by atoms with Gasteiger partial charge in [0.05, 0.1) is 13.0 Å². The molecule has 0 radical (unpaired) electrons. The number of aliphatic carboxylic acids is 1. The van der Waals surface area contributed by atoms with E-state index in [1.54, 1.807) is 0 Å². The van der Waals surface area contributed by atoms with Crippen molar-refractivity contribution in [3.8, 4) is 0 Å². The van der Waals surface area contributed by atoms with E-state index in [9.17, 15) is 24.6 Å². The van der Waals surface area contributed by atoms with Gasteiger partial charge in [0.1, 0.15) is 24.1 Å². The lowest BCUT2D eigenvalue weighted by atomic mass is 9.79. The Hall–Kier alpha value is -2.34. The van der Waals surface area contributed by atoms with E-state index in [0.717, 1.165) is 17.4 Å². The summed E-state index contributed by atoms with van der Waals surface area (Å²) < 4.78 is 6.25. The number of anilines is 1. The quantitative estimate of drug-likeness (QED) is 0.386. The second kappa shape index (κ2) is 8.57. The number of nitrogens with zero attached hydrogens (tertiary/aromatic N) is 2. The summed E-state index contributed by atoms with van der Waals surface area (Å²) in [5.41, 5.74) is -1.40. The van der Waals surface area contributed by atoms with E-state index in [1.807, 2.05) is 0 Å². The van der Waals surface area contributed by atoms with Gasteiger partial charge in [0, 0.05) is 12.6 Å². The zero-order valence-electron chi connectivity index (χ0n) is 15.7. The Balaban J connectivity index is 1.68. The van der Waals surface area contributed by atoms with E-state index in [4.69, 9.17) is 14.9 Å². The summed E-state index contributed by atoms with van der Waals surface area (Å²) in [6, 6.07) is 1.34. The predicted octanol–water partition coefficient (Wildman–Crippen LogP) is -0.781. The van der Waals surface area contributed by atoms with Gasteiger partial charge in [-0.1, -0.05) is 12.8 Å². The number of hydrogen-bond donors (Lipinski definition) is 5. The topological polar surface area (TPSA) is 171 Å². The maximum atomic E-state index is 12.4. The Kier molecular flexibility index (Phi) is 6.32. The van der Waals surface area contributed by atoms with Crippen LogP contribution in [-0.4, -0.2) is 66.8 Å². The molecule has 160 valence electrons. The van der Waals surface area contributed by atoms with Crippen LogP contribution >= 0.6 is 0 Å². The molecule has 11 heteroatoms. The van der Waals surface area contributed by atoms with E-state index >= 15 is 0 Å². The number of nitrogens with one attached hydrogen (secondary N) is 1. The van der Waals surface area contributed by atoms with Crippen molar-refractivity contribution in [1.29, 1.82) is 0 Å². The predicted molar refractivity (Wildman–Crippen MR) is 97.9 cm³/mol. The number of rotatable bonds is 7. The maximum Gasteiger partial charge on any atom is 0.351 e. The van der Waals surface area contributed by atoms with Gasteiger partial charge in [-0.05, 0) is 24.3 Å². The van der Waals surface area contributed by atoms with Gasteiger partial charge in [0.25, 0.3) is 0 Å². The molecule has 1 aromatic heterocycles. The Morgan fingerprint density at radius 3 is 2.48 bits per heavy atom. The third-order valence-corrected chi connectivity index (χ3v) is 5.61. The molecule has 1 aromatic rings. The molecule has 4 unspecified atom stereocenters. The first-order valence-electron chi connectivity index (χ1n) is 9.48. The van der Waals surface area contributed by atoms with Crippen molar-refractivity contribution in [3.63, 3.8) is 0 Å². The maximum absolute atomic E-state index is 12.4. The number of amides is 1. The average Bonchev–Trinajstić information content (AvgIpc) is 3.20. The van der Waals surface area contributed by atoms with E-state index in [-0.39, 0.29) is 18.7 Å². The lowest BCUT2D eigenvalue weighted by molar-refractivity contribution is -0.140. The van der Waals surface area contributed by atoms with Crippen LogP contribution in [0.1, 0.15) is 44.8 Å². The summed E-state index contributed by atoms with van der Waals surface area (Å²) in [4.78, 5) is 39.6. The minimum atomic E-state index is -1.43. The number of ether oxygens (including phenoxy) is 1. The summed E-state index contributed by atoms with van der Waals surface area (Å²) in [7, 11) is 0. The Morgan fingerprint density at radius 1 is 1.24 bits per heavy atom. The van der Waals surface area contributed by atoms with Crippen LogP contribution in [0.2, 0.25) is 0 Å². The molecule has 1 aliphatic heterocycles. The third-order valence-electron chi connectivity index (χ3n) is 5.61. The molecule has 3 rings (SSSR count). The number of carbonyl (C=O) groups excluding carboxylic acids is 1. The minimum absolute atomic E-state index is 0.00790. The monoisotopic (exact) mass is 411 g/mol. The van der Waals surface area contributed by atoms with E-state index in [0.29, 0.717) is 12.8 Å². The van der Waals surface area contributed by atoms with Gasteiger partial charge in [-0.15, -0.1) is 0 Å². The van der Waals surface area contributed by atoms with E-state index in [2.05, 4.69) is 10.3 Å². The number of carboxylic acids is 1. The highest BCUT2D eigenvalue weighted by Gasteiger charge is 2.44. The number of hydrogen-bond acceptors (Lipinski definition) is 8. The first-order chi connectivity index (χ1) is 13.7. The molecule has 5 N–H and O–H groups in total. The molecule has 1 saturated carbocycles. The molecule has 11 nitrogen and oxygen atoms in total. The van der Waals surface area contributed by atoms with E-state index in [1.165, 1.54) is 12.3 Å². The highest BCUT2D eigenvalue weighted by Crippen LogP contribution is 2.44. The number of carboxylic acid groups (broad SMARTS) is 1. The zero-order valence-corrected chi connectivity index (χ0v) is 15.7. The van der Waals surface area contributed by atoms with Crippen molar-refractivity contribution >= 4 is 17.7 Å². The molecule has 1 amide bonds. The Bertz CT molecular complexity index is 820. The fraction of sp³-hybridized carbons (Fsp3) is 0.667. The first kappa shape index (κ1) is 21.4. The fourth-order valence-electron chi connectivity index (χ4n) is 4.18. The number of carbonyl (C=O) groups is 2. The largest absolute Gasteiger partial charge is 0.481 e. The van der Waals surface area contributed by atoms with Gasteiger partial charge in [-0.2, -0.15) is 4.98 Å². The lowest BCUT2D eigenvalue weighted by Gasteiger charge is -2.26. The Morgan fingerprint density at radius 2 is 1.93 bits per heavy atom. The molecule has 1 saturated heterocycles. The number of aliphatic hydroxyl groups is 3. The zero-order chi connectivity index (χ0) is 21.2. The Labute approximate surface area is 166 Å². The molecule has 2 aliphatic rings. The van der Waals surface area contributed by atoms with Gasteiger partial charge in [-0.25, -0.2) is 4.79 Å². The highest BCUT2D eigenvalue weighted by atomic mass is 16.6.